The van der Waals surface area contributed by atoms with Crippen molar-refractivity contribution in [3.8, 4) is 0 Å². The zero-order chi connectivity index (χ0) is 9.07. The van der Waals surface area contributed by atoms with E-state index < -0.39 is 0 Å². The Bertz CT molecular complexity index is 96.4. The molecular formula is C10H18S2. The molecule has 0 aromatic heterocycles. The van der Waals surface area contributed by atoms with Crippen LogP contribution < -0.4 is 0 Å². The molecule has 0 bridgehead atoms. The topological polar surface area (TPSA) is 0 Å². The van der Waals surface area contributed by atoms with E-state index in [1.807, 2.05) is 34.3 Å². The number of hydrogen-bond donors (Lipinski definition) is 0. The molecule has 0 amide bonds. The Hall–Kier alpha value is 0.180. The molecule has 0 aliphatic heterocycles. The summed E-state index contributed by atoms with van der Waals surface area (Å²) in [7, 11) is 0. The average molecular weight is 202 g/mol. The van der Waals surface area contributed by atoms with Gasteiger partial charge in [-0.3, -0.25) is 0 Å². The Morgan fingerprint density at radius 3 is 1.50 bits per heavy atom. The molecule has 0 aromatic carbocycles. The van der Waals surface area contributed by atoms with E-state index in [4.69, 9.17) is 0 Å². The minimum Gasteiger partial charge on any atom is -0.135 e. The van der Waals surface area contributed by atoms with E-state index >= 15 is 0 Å². The van der Waals surface area contributed by atoms with Gasteiger partial charge in [-0.25, -0.2) is 0 Å². The fourth-order valence-electron chi connectivity index (χ4n) is 0.891. The van der Waals surface area contributed by atoms with Gasteiger partial charge >= 0.3 is 0 Å². The maximum atomic E-state index is 3.67. The lowest BCUT2D eigenvalue weighted by Gasteiger charge is -1.98. The van der Waals surface area contributed by atoms with Gasteiger partial charge in [0.2, 0.25) is 0 Å². The third kappa shape index (κ3) is 10.2. The zero-order valence-electron chi connectivity index (χ0n) is 7.63. The van der Waals surface area contributed by atoms with Gasteiger partial charge in [-0.05, 0) is 35.2 Å². The largest absolute Gasteiger partial charge is 0.135 e. The fourth-order valence-corrected chi connectivity index (χ4v) is 1.97. The number of thioether (sulfide) groups is 2. The molecule has 0 aromatic rings. The molecule has 0 aliphatic carbocycles. The lowest BCUT2D eigenvalue weighted by Crippen LogP contribution is -1.82. The van der Waals surface area contributed by atoms with Gasteiger partial charge in [0.1, 0.15) is 0 Å². The van der Waals surface area contributed by atoms with Gasteiger partial charge < -0.3 is 0 Å². The van der Waals surface area contributed by atoms with Crippen molar-refractivity contribution < 1.29 is 0 Å². The molecule has 0 radical (unpaired) electrons. The quantitative estimate of drug-likeness (QED) is 0.511. The fraction of sp³-hybridized carbons (Fsp3) is 0.600. The van der Waals surface area contributed by atoms with Crippen LogP contribution in [-0.4, -0.2) is 11.5 Å². The molecule has 0 fully saturated rings. The van der Waals surface area contributed by atoms with E-state index in [1.54, 1.807) is 0 Å². The Morgan fingerprint density at radius 2 is 1.17 bits per heavy atom. The molecule has 0 saturated carbocycles. The van der Waals surface area contributed by atoms with Gasteiger partial charge in [0.15, 0.2) is 0 Å². The predicted molar refractivity (Wildman–Crippen MR) is 63.8 cm³/mol. The zero-order valence-corrected chi connectivity index (χ0v) is 9.26. The third-order valence-electron chi connectivity index (χ3n) is 1.51. The highest BCUT2D eigenvalue weighted by Gasteiger charge is 1.89. The monoisotopic (exact) mass is 202 g/mol. The van der Waals surface area contributed by atoms with E-state index in [0.717, 1.165) is 0 Å². The lowest BCUT2D eigenvalue weighted by atomic mass is 10.2. The van der Waals surface area contributed by atoms with Crippen molar-refractivity contribution in [1.29, 1.82) is 0 Å². The first kappa shape index (κ1) is 12.2. The first-order chi connectivity index (χ1) is 5.91. The molecule has 0 heterocycles. The Balaban J connectivity index is 2.81. The van der Waals surface area contributed by atoms with Crippen molar-refractivity contribution in [1.82, 2.24) is 0 Å². The van der Waals surface area contributed by atoms with Crippen molar-refractivity contribution in [2.75, 3.05) is 11.5 Å². The molecule has 2 heteroatoms. The van der Waals surface area contributed by atoms with Crippen LogP contribution in [0, 0.1) is 0 Å². The van der Waals surface area contributed by atoms with E-state index in [2.05, 4.69) is 13.2 Å². The van der Waals surface area contributed by atoms with Crippen molar-refractivity contribution in [3.05, 3.63) is 24.0 Å². The van der Waals surface area contributed by atoms with Crippen LogP contribution in [0.4, 0.5) is 0 Å². The van der Waals surface area contributed by atoms with Crippen molar-refractivity contribution in [3.63, 3.8) is 0 Å². The molecule has 0 saturated heterocycles. The van der Waals surface area contributed by atoms with Crippen LogP contribution in [0.15, 0.2) is 24.0 Å². The smallest absolute Gasteiger partial charge is 0.00262 e. The molecule has 0 unspecified atom stereocenters. The molecule has 0 aliphatic rings. The van der Waals surface area contributed by atoms with E-state index in [9.17, 15) is 0 Å². The van der Waals surface area contributed by atoms with Crippen molar-refractivity contribution in [2.24, 2.45) is 0 Å². The minimum absolute atomic E-state index is 1.23. The maximum Gasteiger partial charge on any atom is -0.00262 e. The minimum atomic E-state index is 1.23. The molecule has 70 valence electrons. The third-order valence-corrected chi connectivity index (χ3v) is 3.03. The lowest BCUT2D eigenvalue weighted by molar-refractivity contribution is 0.712. The predicted octanol–water partition coefficient (Wildman–Crippen LogP) is 4.30. The maximum absolute atomic E-state index is 3.67. The summed E-state index contributed by atoms with van der Waals surface area (Å²) < 4.78 is 0. The Kier molecular flexibility index (Phi) is 11.3. The van der Waals surface area contributed by atoms with Crippen LogP contribution in [0.1, 0.15) is 25.7 Å². The summed E-state index contributed by atoms with van der Waals surface area (Å²) in [5, 5.41) is 3.85. The van der Waals surface area contributed by atoms with Gasteiger partial charge in [-0.1, -0.05) is 26.0 Å². The molecule has 0 spiro atoms. The van der Waals surface area contributed by atoms with E-state index in [0.29, 0.717) is 0 Å². The summed E-state index contributed by atoms with van der Waals surface area (Å²) in [6, 6.07) is 0. The summed E-state index contributed by atoms with van der Waals surface area (Å²) in [5.74, 6) is 2.47. The van der Waals surface area contributed by atoms with Crippen LogP contribution in [-0.2, 0) is 0 Å². The van der Waals surface area contributed by atoms with Crippen molar-refractivity contribution in [2.45, 2.75) is 25.7 Å². The molecule has 0 nitrogen and oxygen atoms in total. The van der Waals surface area contributed by atoms with Crippen LogP contribution >= 0.6 is 23.5 Å². The molecule has 12 heavy (non-hydrogen) atoms. The van der Waals surface area contributed by atoms with Gasteiger partial charge in [-0.2, -0.15) is 0 Å². The van der Waals surface area contributed by atoms with Crippen molar-refractivity contribution >= 4 is 23.5 Å². The number of rotatable bonds is 9. The van der Waals surface area contributed by atoms with Gasteiger partial charge in [0.25, 0.3) is 0 Å². The van der Waals surface area contributed by atoms with Gasteiger partial charge in [0.05, 0.1) is 0 Å². The first-order valence-electron chi connectivity index (χ1n) is 4.37. The Labute approximate surface area is 84.9 Å². The Morgan fingerprint density at radius 1 is 0.750 bits per heavy atom. The van der Waals surface area contributed by atoms with Crippen LogP contribution in [0.2, 0.25) is 0 Å². The highest BCUT2D eigenvalue weighted by Crippen LogP contribution is 2.10. The summed E-state index contributed by atoms with van der Waals surface area (Å²) in [6.45, 7) is 7.34. The highest BCUT2D eigenvalue weighted by atomic mass is 32.2. The average Bonchev–Trinajstić information content (AvgIpc) is 2.10. The standard InChI is InChI=1S/C10H18S2/c1-3-11-9-7-5-6-8-10-12-4-2/h3-4H,1-2,5-10H2. The van der Waals surface area contributed by atoms with E-state index in [-0.39, 0.29) is 0 Å². The van der Waals surface area contributed by atoms with Crippen LogP contribution in [0.5, 0.6) is 0 Å². The van der Waals surface area contributed by atoms with E-state index in [1.165, 1.54) is 37.2 Å². The first-order valence-corrected chi connectivity index (χ1v) is 6.46. The molecule has 0 atom stereocenters. The molecular weight excluding hydrogens is 184 g/mol. The summed E-state index contributed by atoms with van der Waals surface area (Å²) in [4.78, 5) is 0. The second-order valence-electron chi connectivity index (χ2n) is 2.49. The molecule has 0 N–H and O–H groups in total. The van der Waals surface area contributed by atoms with Crippen LogP contribution in [0.3, 0.4) is 0 Å². The summed E-state index contributed by atoms with van der Waals surface area (Å²) in [6.07, 6.45) is 5.38. The SMILES string of the molecule is C=CSCCCCCCSC=C. The normalized spacial score (nSPS) is 9.67. The second kappa shape index (κ2) is 11.2. The summed E-state index contributed by atoms with van der Waals surface area (Å²) in [5.41, 5.74) is 0. The number of unbranched alkanes of at least 4 members (excludes halogenated alkanes) is 3. The molecule has 0 rings (SSSR count). The highest BCUT2D eigenvalue weighted by molar-refractivity contribution is 8.02. The second-order valence-corrected chi connectivity index (χ2v) is 4.64. The van der Waals surface area contributed by atoms with Gasteiger partial charge in [0, 0.05) is 0 Å². The van der Waals surface area contributed by atoms with Crippen LogP contribution in [0.25, 0.3) is 0 Å². The number of hydrogen-bond acceptors (Lipinski definition) is 2. The summed E-state index contributed by atoms with van der Waals surface area (Å²) >= 11 is 3.64. The van der Waals surface area contributed by atoms with Gasteiger partial charge in [-0.15, -0.1) is 23.5 Å².